The lowest BCUT2D eigenvalue weighted by Crippen LogP contribution is -2.44. The van der Waals surface area contributed by atoms with Crippen molar-refractivity contribution in [2.45, 2.75) is 38.1 Å². The number of methoxy groups -OCH3 is 1. The van der Waals surface area contributed by atoms with Gasteiger partial charge in [-0.3, -0.25) is 9.69 Å². The van der Waals surface area contributed by atoms with E-state index in [2.05, 4.69) is 15.0 Å². The molecule has 2 fully saturated rings. The van der Waals surface area contributed by atoms with Gasteiger partial charge in [0.25, 0.3) is 6.29 Å². The molecule has 2 aliphatic heterocycles. The molecule has 3 unspecified atom stereocenters. The third kappa shape index (κ3) is 5.84. The minimum Gasteiger partial charge on any atom is -0.468 e. The number of hydrogen-bond donors (Lipinski definition) is 2. The van der Waals surface area contributed by atoms with E-state index in [0.29, 0.717) is 18.7 Å². The van der Waals surface area contributed by atoms with Crippen LogP contribution in [0.3, 0.4) is 0 Å². The molecule has 9 heteroatoms. The summed E-state index contributed by atoms with van der Waals surface area (Å²) in [5, 5.41) is 3.34. The van der Waals surface area contributed by atoms with E-state index in [0.717, 1.165) is 44.7 Å². The van der Waals surface area contributed by atoms with Gasteiger partial charge in [-0.25, -0.2) is 4.79 Å². The van der Waals surface area contributed by atoms with E-state index in [1.165, 1.54) is 7.11 Å². The Labute approximate surface area is 177 Å². The first-order valence-electron chi connectivity index (χ1n) is 10.5. The number of nitrogens with zero attached hydrogens (tertiary/aromatic N) is 2. The first-order chi connectivity index (χ1) is 14.5. The second kappa shape index (κ2) is 10.6. The molecule has 30 heavy (non-hydrogen) atoms. The zero-order chi connectivity index (χ0) is 21.5. The molecule has 0 radical (unpaired) electrons. The summed E-state index contributed by atoms with van der Waals surface area (Å²) >= 11 is 0. The Bertz CT molecular complexity index is 708. The van der Waals surface area contributed by atoms with Crippen LogP contribution in [0.5, 0.6) is 5.75 Å². The number of piperazine rings is 1. The number of carbonyl (C=O) groups is 2. The molecule has 9 nitrogen and oxygen atoms in total. The van der Waals surface area contributed by atoms with Gasteiger partial charge in [0.2, 0.25) is 0 Å². The van der Waals surface area contributed by atoms with Crippen molar-refractivity contribution in [2.75, 3.05) is 46.4 Å². The van der Waals surface area contributed by atoms with Gasteiger partial charge in [0, 0.05) is 32.7 Å². The molecule has 166 valence electrons. The molecule has 0 saturated carbocycles. The number of carbonyl (C=O) groups excluding carboxylic acids is 2. The second-order valence-corrected chi connectivity index (χ2v) is 7.73. The van der Waals surface area contributed by atoms with Crippen LogP contribution < -0.4 is 15.8 Å². The predicted octanol–water partition coefficient (Wildman–Crippen LogP) is 0.570. The van der Waals surface area contributed by atoms with Gasteiger partial charge in [0.15, 0.2) is 0 Å². The van der Waals surface area contributed by atoms with Crippen molar-refractivity contribution in [1.82, 2.24) is 15.1 Å². The molecule has 3 rings (SSSR count). The summed E-state index contributed by atoms with van der Waals surface area (Å²) in [5.41, 5.74) is 6.69. The van der Waals surface area contributed by atoms with E-state index in [4.69, 9.17) is 15.2 Å². The van der Waals surface area contributed by atoms with Gasteiger partial charge in [0.05, 0.1) is 7.11 Å². The number of cyclic esters (lactones) is 1. The van der Waals surface area contributed by atoms with Crippen molar-refractivity contribution in [1.29, 1.82) is 0 Å². The third-order valence-electron chi connectivity index (χ3n) is 5.56. The predicted molar refractivity (Wildman–Crippen MR) is 111 cm³/mol. The molecule has 0 bridgehead atoms. The summed E-state index contributed by atoms with van der Waals surface area (Å²) in [6.07, 6.45) is 0.289. The Morgan fingerprint density at radius 2 is 1.97 bits per heavy atom. The topological polar surface area (TPSA) is 106 Å². The van der Waals surface area contributed by atoms with Crippen molar-refractivity contribution in [3.63, 3.8) is 0 Å². The van der Waals surface area contributed by atoms with E-state index in [1.807, 2.05) is 19.1 Å². The van der Waals surface area contributed by atoms with Gasteiger partial charge < -0.3 is 30.2 Å². The third-order valence-corrected chi connectivity index (χ3v) is 5.56. The maximum atomic E-state index is 12.3. The zero-order valence-electron chi connectivity index (χ0n) is 17.7. The van der Waals surface area contributed by atoms with Crippen LogP contribution in [0.4, 0.5) is 4.79 Å². The van der Waals surface area contributed by atoms with Crippen LogP contribution >= 0.6 is 0 Å². The Kier molecular flexibility index (Phi) is 7.89. The van der Waals surface area contributed by atoms with Crippen LogP contribution in [0, 0.1) is 0 Å². The van der Waals surface area contributed by atoms with Crippen molar-refractivity contribution in [2.24, 2.45) is 5.73 Å². The van der Waals surface area contributed by atoms with Crippen LogP contribution in [0.25, 0.3) is 0 Å². The minimum atomic E-state index is -0.702. The highest BCUT2D eigenvalue weighted by atomic mass is 16.7. The van der Waals surface area contributed by atoms with E-state index >= 15 is 0 Å². The maximum Gasteiger partial charge on any atom is 0.413 e. The average Bonchev–Trinajstić information content (AvgIpc) is 3.02. The number of rotatable bonds is 9. The van der Waals surface area contributed by atoms with E-state index in [9.17, 15) is 9.59 Å². The SMILES string of the molecule is COC(=O)C(N)Cc1ccc(OC2OC(=O)N(CCCN3CCNCC3)C2C)cc1. The van der Waals surface area contributed by atoms with Gasteiger partial charge in [-0.05, 0) is 44.0 Å². The zero-order valence-corrected chi connectivity index (χ0v) is 17.7. The van der Waals surface area contributed by atoms with Crippen LogP contribution in [0.1, 0.15) is 18.9 Å². The summed E-state index contributed by atoms with van der Waals surface area (Å²) in [5.74, 6) is 0.150. The number of nitrogens with one attached hydrogen (secondary N) is 1. The lowest BCUT2D eigenvalue weighted by atomic mass is 10.1. The van der Waals surface area contributed by atoms with E-state index in [-0.39, 0.29) is 12.1 Å². The van der Waals surface area contributed by atoms with Gasteiger partial charge in [0.1, 0.15) is 17.8 Å². The molecular formula is C21H32N4O5. The molecule has 2 saturated heterocycles. The molecule has 2 aliphatic rings. The van der Waals surface area contributed by atoms with Gasteiger partial charge >= 0.3 is 12.1 Å². The minimum absolute atomic E-state index is 0.173. The average molecular weight is 421 g/mol. The summed E-state index contributed by atoms with van der Waals surface area (Å²) < 4.78 is 16.0. The Morgan fingerprint density at radius 3 is 2.63 bits per heavy atom. The van der Waals surface area contributed by atoms with Crippen molar-refractivity contribution >= 4 is 12.1 Å². The van der Waals surface area contributed by atoms with E-state index < -0.39 is 18.3 Å². The van der Waals surface area contributed by atoms with Crippen LogP contribution in [0.15, 0.2) is 24.3 Å². The first kappa shape index (κ1) is 22.3. The molecular weight excluding hydrogens is 388 g/mol. The largest absolute Gasteiger partial charge is 0.468 e. The maximum absolute atomic E-state index is 12.3. The molecule has 3 atom stereocenters. The van der Waals surface area contributed by atoms with Gasteiger partial charge in [-0.1, -0.05) is 12.1 Å². The number of benzene rings is 1. The quantitative estimate of drug-likeness (QED) is 0.559. The van der Waals surface area contributed by atoms with E-state index in [1.54, 1.807) is 17.0 Å². The second-order valence-electron chi connectivity index (χ2n) is 7.73. The smallest absolute Gasteiger partial charge is 0.413 e. The molecule has 0 aliphatic carbocycles. The van der Waals surface area contributed by atoms with Crippen molar-refractivity contribution in [3.8, 4) is 5.75 Å². The standard InChI is InChI=1S/C21H32N4O5/c1-15-20(29-17-6-4-16(5-7-17)14-18(22)19(26)28-2)30-21(27)25(15)11-3-10-24-12-8-23-9-13-24/h4-7,15,18,20,23H,3,8-14,22H2,1-2H3. The number of esters is 1. The van der Waals surface area contributed by atoms with Gasteiger partial charge in [-0.2, -0.15) is 0 Å². The van der Waals surface area contributed by atoms with Gasteiger partial charge in [-0.15, -0.1) is 0 Å². The number of hydrogen-bond acceptors (Lipinski definition) is 8. The summed E-state index contributed by atoms with van der Waals surface area (Å²) in [6, 6.07) is 6.37. The summed E-state index contributed by atoms with van der Waals surface area (Å²) in [7, 11) is 1.32. The van der Waals surface area contributed by atoms with Crippen LogP contribution in [-0.4, -0.2) is 86.6 Å². The Balaban J connectivity index is 1.47. The monoisotopic (exact) mass is 420 g/mol. The molecule has 0 aromatic heterocycles. The number of amides is 1. The fourth-order valence-corrected chi connectivity index (χ4v) is 3.72. The van der Waals surface area contributed by atoms with Crippen molar-refractivity contribution in [3.05, 3.63) is 29.8 Å². The molecule has 1 aromatic carbocycles. The molecule has 0 spiro atoms. The number of nitrogens with two attached hydrogens (primary N) is 1. The Morgan fingerprint density at radius 1 is 1.27 bits per heavy atom. The van der Waals surface area contributed by atoms with Crippen molar-refractivity contribution < 1.29 is 23.8 Å². The summed E-state index contributed by atoms with van der Waals surface area (Å²) in [4.78, 5) is 27.9. The molecule has 1 aromatic rings. The molecule has 3 N–H and O–H groups in total. The highest BCUT2D eigenvalue weighted by Crippen LogP contribution is 2.24. The first-order valence-corrected chi connectivity index (χ1v) is 10.5. The lowest BCUT2D eigenvalue weighted by molar-refractivity contribution is -0.142. The Hall–Kier alpha value is -2.36. The lowest BCUT2D eigenvalue weighted by Gasteiger charge is -2.28. The van der Waals surface area contributed by atoms with Crippen LogP contribution in [0.2, 0.25) is 0 Å². The fourth-order valence-electron chi connectivity index (χ4n) is 3.72. The highest BCUT2D eigenvalue weighted by molar-refractivity contribution is 5.75. The fraction of sp³-hybridized carbons (Fsp3) is 0.619. The summed E-state index contributed by atoms with van der Waals surface area (Å²) in [6.45, 7) is 7.69. The normalized spacial score (nSPS) is 23.2. The number of ether oxygens (including phenoxy) is 3. The highest BCUT2D eigenvalue weighted by Gasteiger charge is 2.40. The molecule has 1 amide bonds. The van der Waals surface area contributed by atoms with Crippen LogP contribution in [-0.2, 0) is 20.7 Å². The molecule has 2 heterocycles.